The lowest BCUT2D eigenvalue weighted by Crippen LogP contribution is -2.00. The van der Waals surface area contributed by atoms with E-state index in [1.165, 1.54) is 11.1 Å². The zero-order valence-electron chi connectivity index (χ0n) is 8.76. The van der Waals surface area contributed by atoms with Crippen LogP contribution in [0.5, 0.6) is 0 Å². The molecule has 1 aromatic carbocycles. The van der Waals surface area contributed by atoms with Crippen molar-refractivity contribution in [3.8, 4) is 0 Å². The Balaban J connectivity index is 2.15. The number of halogens is 2. The van der Waals surface area contributed by atoms with Gasteiger partial charge in [-0.05, 0) is 78.9 Å². The number of thiophene rings is 1. The first-order valence-corrected chi connectivity index (χ1v) is 7.40. The number of benzene rings is 1. The normalized spacial score (nSPS) is 10.4. The van der Waals surface area contributed by atoms with Crippen LogP contribution in [0.3, 0.4) is 0 Å². The second-order valence-electron chi connectivity index (χ2n) is 3.59. The molecule has 0 saturated heterocycles. The number of anilines is 1. The molecule has 0 amide bonds. The van der Waals surface area contributed by atoms with Crippen molar-refractivity contribution in [2.24, 2.45) is 0 Å². The number of aryl methyl sites for hydroxylation is 1. The van der Waals surface area contributed by atoms with E-state index in [-0.39, 0.29) is 0 Å². The summed E-state index contributed by atoms with van der Waals surface area (Å²) < 4.78 is 2.18. The molecule has 2 aromatic rings. The van der Waals surface area contributed by atoms with E-state index in [0.29, 0.717) is 0 Å². The average Bonchev–Trinajstić information content (AvgIpc) is 2.68. The predicted octanol–water partition coefficient (Wildman–Crippen LogP) is 5.19. The molecule has 4 heteroatoms. The highest BCUT2D eigenvalue weighted by Gasteiger charge is 2.05. The summed E-state index contributed by atoms with van der Waals surface area (Å²) in [6.45, 7) is 2.93. The number of nitrogens with one attached hydrogen (secondary N) is 1. The van der Waals surface area contributed by atoms with E-state index in [9.17, 15) is 0 Å². The highest BCUT2D eigenvalue weighted by atomic mass is 79.9. The van der Waals surface area contributed by atoms with Gasteiger partial charge in [-0.2, -0.15) is 11.3 Å². The molecule has 0 fully saturated rings. The summed E-state index contributed by atoms with van der Waals surface area (Å²) in [6.07, 6.45) is 0. The predicted molar refractivity (Wildman–Crippen MR) is 78.2 cm³/mol. The molecule has 16 heavy (non-hydrogen) atoms. The molecule has 1 heterocycles. The van der Waals surface area contributed by atoms with Crippen molar-refractivity contribution in [1.82, 2.24) is 0 Å². The third kappa shape index (κ3) is 2.87. The Kier molecular flexibility index (Phi) is 4.05. The van der Waals surface area contributed by atoms with Gasteiger partial charge in [0.25, 0.3) is 0 Å². The van der Waals surface area contributed by atoms with E-state index in [1.807, 2.05) is 0 Å². The second-order valence-corrected chi connectivity index (χ2v) is 6.08. The van der Waals surface area contributed by atoms with Crippen LogP contribution in [0, 0.1) is 6.92 Å². The first-order valence-electron chi connectivity index (χ1n) is 4.87. The molecule has 84 valence electrons. The summed E-state index contributed by atoms with van der Waals surface area (Å²) in [5.41, 5.74) is 3.65. The van der Waals surface area contributed by atoms with E-state index in [2.05, 4.69) is 73.1 Å². The minimum atomic E-state index is 0.851. The molecule has 0 spiro atoms. The van der Waals surface area contributed by atoms with Crippen molar-refractivity contribution < 1.29 is 0 Å². The largest absolute Gasteiger partial charge is 0.379 e. The molecule has 1 aromatic heterocycles. The highest BCUT2D eigenvalue weighted by molar-refractivity contribution is 9.11. The molecule has 0 radical (unpaired) electrons. The van der Waals surface area contributed by atoms with E-state index in [0.717, 1.165) is 21.2 Å². The van der Waals surface area contributed by atoms with Gasteiger partial charge >= 0.3 is 0 Å². The van der Waals surface area contributed by atoms with Gasteiger partial charge < -0.3 is 5.32 Å². The van der Waals surface area contributed by atoms with Crippen LogP contribution in [0.15, 0.2) is 37.9 Å². The van der Waals surface area contributed by atoms with Gasteiger partial charge in [0.05, 0.1) is 5.69 Å². The van der Waals surface area contributed by atoms with Crippen molar-refractivity contribution in [3.05, 3.63) is 49.0 Å². The molecule has 2 rings (SSSR count). The number of rotatable bonds is 3. The Hall–Kier alpha value is -0.320. The van der Waals surface area contributed by atoms with Gasteiger partial charge in [-0.3, -0.25) is 0 Å². The molecule has 0 aliphatic heterocycles. The minimum absolute atomic E-state index is 0.851. The van der Waals surface area contributed by atoms with Crippen LogP contribution < -0.4 is 5.32 Å². The number of hydrogen-bond acceptors (Lipinski definition) is 2. The SMILES string of the molecule is Cc1cc(Br)c(NCc2ccsc2)c(Br)c1. The molecule has 0 bridgehead atoms. The third-order valence-electron chi connectivity index (χ3n) is 2.24. The maximum Gasteiger partial charge on any atom is 0.0631 e. The number of hydrogen-bond donors (Lipinski definition) is 1. The Morgan fingerprint density at radius 1 is 1.25 bits per heavy atom. The van der Waals surface area contributed by atoms with Gasteiger partial charge in [-0.15, -0.1) is 0 Å². The lowest BCUT2D eigenvalue weighted by molar-refractivity contribution is 1.15. The van der Waals surface area contributed by atoms with Gasteiger partial charge in [0.2, 0.25) is 0 Å². The molecule has 0 saturated carbocycles. The highest BCUT2D eigenvalue weighted by Crippen LogP contribution is 2.32. The van der Waals surface area contributed by atoms with E-state index in [1.54, 1.807) is 11.3 Å². The first-order chi connectivity index (χ1) is 7.66. The molecule has 0 atom stereocenters. The van der Waals surface area contributed by atoms with Crippen LogP contribution in [-0.4, -0.2) is 0 Å². The molecule has 0 aliphatic carbocycles. The van der Waals surface area contributed by atoms with Gasteiger partial charge in [-0.1, -0.05) is 0 Å². The van der Waals surface area contributed by atoms with E-state index in [4.69, 9.17) is 0 Å². The van der Waals surface area contributed by atoms with E-state index >= 15 is 0 Å². The molecular formula is C12H11Br2NS. The van der Waals surface area contributed by atoms with Gasteiger partial charge in [0, 0.05) is 15.5 Å². The summed E-state index contributed by atoms with van der Waals surface area (Å²) in [6, 6.07) is 6.36. The molecule has 1 N–H and O–H groups in total. The van der Waals surface area contributed by atoms with Crippen LogP contribution in [0.2, 0.25) is 0 Å². The summed E-state index contributed by atoms with van der Waals surface area (Å²) in [5.74, 6) is 0. The van der Waals surface area contributed by atoms with Crippen molar-refractivity contribution in [3.63, 3.8) is 0 Å². The van der Waals surface area contributed by atoms with Crippen LogP contribution in [0.1, 0.15) is 11.1 Å². The smallest absolute Gasteiger partial charge is 0.0631 e. The Bertz CT molecular complexity index is 457. The molecule has 1 nitrogen and oxygen atoms in total. The van der Waals surface area contributed by atoms with Gasteiger partial charge in [0.15, 0.2) is 0 Å². The zero-order chi connectivity index (χ0) is 11.5. The topological polar surface area (TPSA) is 12.0 Å². The quantitative estimate of drug-likeness (QED) is 0.793. The third-order valence-corrected chi connectivity index (χ3v) is 4.22. The minimum Gasteiger partial charge on any atom is -0.379 e. The van der Waals surface area contributed by atoms with Crippen molar-refractivity contribution >= 4 is 48.9 Å². The zero-order valence-corrected chi connectivity index (χ0v) is 12.7. The van der Waals surface area contributed by atoms with Crippen LogP contribution >= 0.6 is 43.2 Å². The van der Waals surface area contributed by atoms with Crippen molar-refractivity contribution in [2.45, 2.75) is 13.5 Å². The van der Waals surface area contributed by atoms with E-state index < -0.39 is 0 Å². The molecule has 0 unspecified atom stereocenters. The average molecular weight is 361 g/mol. The summed E-state index contributed by atoms with van der Waals surface area (Å²) in [4.78, 5) is 0. The van der Waals surface area contributed by atoms with Crippen molar-refractivity contribution in [1.29, 1.82) is 0 Å². The van der Waals surface area contributed by atoms with Gasteiger partial charge in [0.1, 0.15) is 0 Å². The fraction of sp³-hybridized carbons (Fsp3) is 0.167. The lowest BCUT2D eigenvalue weighted by Gasteiger charge is -2.11. The Morgan fingerprint density at radius 3 is 2.50 bits per heavy atom. The van der Waals surface area contributed by atoms with Gasteiger partial charge in [-0.25, -0.2) is 0 Å². The standard InChI is InChI=1S/C12H11Br2NS/c1-8-4-10(13)12(11(14)5-8)15-6-9-2-3-16-7-9/h2-5,7,15H,6H2,1H3. The van der Waals surface area contributed by atoms with Crippen LogP contribution in [0.4, 0.5) is 5.69 Å². The lowest BCUT2D eigenvalue weighted by atomic mass is 10.2. The second kappa shape index (κ2) is 5.34. The first kappa shape index (κ1) is 12.1. The van der Waals surface area contributed by atoms with Crippen molar-refractivity contribution in [2.75, 3.05) is 5.32 Å². The maximum absolute atomic E-state index is 3.57. The molecule has 0 aliphatic rings. The molecular weight excluding hydrogens is 350 g/mol. The summed E-state index contributed by atoms with van der Waals surface area (Å²) in [7, 11) is 0. The van der Waals surface area contributed by atoms with Crippen LogP contribution in [0.25, 0.3) is 0 Å². The Labute approximate surface area is 116 Å². The summed E-state index contributed by atoms with van der Waals surface area (Å²) in [5, 5.41) is 7.67. The fourth-order valence-electron chi connectivity index (χ4n) is 1.45. The maximum atomic E-state index is 3.57. The summed E-state index contributed by atoms with van der Waals surface area (Å²) >= 11 is 8.87. The fourth-order valence-corrected chi connectivity index (χ4v) is 3.82. The monoisotopic (exact) mass is 359 g/mol. The Morgan fingerprint density at radius 2 is 1.94 bits per heavy atom. The van der Waals surface area contributed by atoms with Crippen LogP contribution in [-0.2, 0) is 6.54 Å².